The Morgan fingerprint density at radius 3 is 2.78 bits per heavy atom. The van der Waals surface area contributed by atoms with E-state index in [-0.39, 0.29) is 5.57 Å². The van der Waals surface area contributed by atoms with E-state index in [2.05, 4.69) is 15.6 Å². The Kier molecular flexibility index (Phi) is 5.34. The summed E-state index contributed by atoms with van der Waals surface area (Å²) in [6.45, 7) is 3.77. The van der Waals surface area contributed by atoms with Crippen LogP contribution >= 0.6 is 11.6 Å². The zero-order chi connectivity index (χ0) is 16.8. The van der Waals surface area contributed by atoms with Crippen LogP contribution < -0.4 is 10.6 Å². The van der Waals surface area contributed by atoms with Crippen LogP contribution in [0.4, 0.5) is 11.5 Å². The maximum Gasteiger partial charge on any atom is 0.267 e. The van der Waals surface area contributed by atoms with Gasteiger partial charge < -0.3 is 10.6 Å². The zero-order valence-electron chi connectivity index (χ0n) is 12.7. The van der Waals surface area contributed by atoms with Gasteiger partial charge in [0.25, 0.3) is 5.91 Å². The Labute approximate surface area is 139 Å². The SMILES string of the molecule is Cc1ccnc(N/C=C(/C#N)C(=O)Nc2cc(Cl)ccc2C)c1. The first kappa shape index (κ1) is 16.5. The molecule has 2 rings (SSSR count). The Morgan fingerprint density at radius 2 is 2.09 bits per heavy atom. The number of aromatic nitrogens is 1. The number of nitrogens with one attached hydrogen (secondary N) is 2. The van der Waals surface area contributed by atoms with Crippen molar-refractivity contribution in [2.24, 2.45) is 0 Å². The minimum atomic E-state index is -0.516. The molecule has 1 amide bonds. The number of carbonyl (C=O) groups is 1. The molecule has 6 heteroatoms. The summed E-state index contributed by atoms with van der Waals surface area (Å²) in [7, 11) is 0. The summed E-state index contributed by atoms with van der Waals surface area (Å²) in [5, 5.41) is 15.2. The van der Waals surface area contributed by atoms with Crippen molar-refractivity contribution < 1.29 is 4.79 Å². The van der Waals surface area contributed by atoms with Crippen LogP contribution in [0.3, 0.4) is 0 Å². The van der Waals surface area contributed by atoms with Gasteiger partial charge in [-0.05, 0) is 49.2 Å². The fraction of sp³-hybridized carbons (Fsp3) is 0.118. The lowest BCUT2D eigenvalue weighted by Crippen LogP contribution is -2.15. The summed E-state index contributed by atoms with van der Waals surface area (Å²) in [4.78, 5) is 16.3. The Hall–Kier alpha value is -2.84. The molecular weight excluding hydrogens is 312 g/mol. The number of aryl methyl sites for hydroxylation is 2. The van der Waals surface area contributed by atoms with E-state index in [9.17, 15) is 4.79 Å². The number of carbonyl (C=O) groups excluding carboxylic acids is 1. The van der Waals surface area contributed by atoms with E-state index in [1.54, 1.807) is 24.4 Å². The monoisotopic (exact) mass is 326 g/mol. The molecule has 0 aliphatic carbocycles. The molecule has 1 aromatic carbocycles. The summed E-state index contributed by atoms with van der Waals surface area (Å²) in [6, 6.07) is 10.7. The second kappa shape index (κ2) is 7.43. The van der Waals surface area contributed by atoms with Crippen LogP contribution in [0.25, 0.3) is 0 Å². The first-order valence-corrected chi connectivity index (χ1v) is 7.24. The molecule has 5 nitrogen and oxygen atoms in total. The number of amides is 1. The van der Waals surface area contributed by atoms with Crippen molar-refractivity contribution in [2.45, 2.75) is 13.8 Å². The largest absolute Gasteiger partial charge is 0.345 e. The van der Waals surface area contributed by atoms with Gasteiger partial charge in [-0.2, -0.15) is 5.26 Å². The van der Waals surface area contributed by atoms with Gasteiger partial charge in [0.05, 0.1) is 0 Å². The zero-order valence-corrected chi connectivity index (χ0v) is 13.5. The van der Waals surface area contributed by atoms with Crippen LogP contribution in [0.1, 0.15) is 11.1 Å². The third kappa shape index (κ3) is 4.56. The van der Waals surface area contributed by atoms with Gasteiger partial charge in [0.15, 0.2) is 0 Å². The number of hydrogen-bond acceptors (Lipinski definition) is 4. The molecule has 0 saturated heterocycles. The topological polar surface area (TPSA) is 77.8 Å². The number of benzene rings is 1. The third-order valence-corrected chi connectivity index (χ3v) is 3.33. The summed E-state index contributed by atoms with van der Waals surface area (Å²) in [5.74, 6) is 0.0440. The van der Waals surface area contributed by atoms with Crippen LogP contribution in [0.2, 0.25) is 5.02 Å². The van der Waals surface area contributed by atoms with E-state index in [4.69, 9.17) is 16.9 Å². The fourth-order valence-electron chi connectivity index (χ4n) is 1.83. The lowest BCUT2D eigenvalue weighted by atomic mass is 10.2. The highest BCUT2D eigenvalue weighted by atomic mass is 35.5. The number of hydrogen-bond donors (Lipinski definition) is 2. The summed E-state index contributed by atoms with van der Waals surface area (Å²) in [5.41, 5.74) is 2.38. The van der Waals surface area contributed by atoms with E-state index in [0.29, 0.717) is 16.5 Å². The molecule has 0 fully saturated rings. The maximum atomic E-state index is 12.2. The quantitative estimate of drug-likeness (QED) is 0.661. The summed E-state index contributed by atoms with van der Waals surface area (Å²) < 4.78 is 0. The second-order valence-electron chi connectivity index (χ2n) is 4.95. The van der Waals surface area contributed by atoms with Crippen LogP contribution in [0, 0.1) is 25.2 Å². The van der Waals surface area contributed by atoms with Gasteiger partial charge in [-0.3, -0.25) is 4.79 Å². The van der Waals surface area contributed by atoms with Crippen molar-refractivity contribution in [1.82, 2.24) is 4.98 Å². The van der Waals surface area contributed by atoms with Crippen molar-refractivity contribution in [2.75, 3.05) is 10.6 Å². The van der Waals surface area contributed by atoms with Gasteiger partial charge in [-0.15, -0.1) is 0 Å². The molecule has 0 atom stereocenters. The maximum absolute atomic E-state index is 12.2. The predicted molar refractivity (Wildman–Crippen MR) is 91.1 cm³/mol. The van der Waals surface area contributed by atoms with Crippen LogP contribution in [0.15, 0.2) is 48.3 Å². The minimum absolute atomic E-state index is 0.0623. The second-order valence-corrected chi connectivity index (χ2v) is 5.38. The standard InChI is InChI=1S/C17H15ClN4O/c1-11-5-6-20-16(7-11)21-10-13(9-19)17(23)22-15-8-14(18)4-3-12(15)2/h3-8,10H,1-2H3,(H,20,21)(H,22,23)/b13-10-. The molecule has 0 aliphatic rings. The lowest BCUT2D eigenvalue weighted by Gasteiger charge is -2.08. The van der Waals surface area contributed by atoms with Gasteiger partial charge in [-0.1, -0.05) is 17.7 Å². The van der Waals surface area contributed by atoms with Gasteiger partial charge in [0, 0.05) is 23.1 Å². The van der Waals surface area contributed by atoms with Crippen LogP contribution in [0.5, 0.6) is 0 Å². The highest BCUT2D eigenvalue weighted by Gasteiger charge is 2.11. The first-order chi connectivity index (χ1) is 11.0. The number of halogens is 1. The highest BCUT2D eigenvalue weighted by molar-refractivity contribution is 6.31. The Bertz CT molecular complexity index is 808. The molecule has 0 aliphatic heterocycles. The number of anilines is 2. The average molecular weight is 327 g/mol. The predicted octanol–water partition coefficient (Wildman–Crippen LogP) is 3.81. The molecule has 2 N–H and O–H groups in total. The van der Waals surface area contributed by atoms with E-state index >= 15 is 0 Å². The first-order valence-electron chi connectivity index (χ1n) is 6.86. The fourth-order valence-corrected chi connectivity index (χ4v) is 2.00. The normalized spacial score (nSPS) is 10.8. The van der Waals surface area contributed by atoms with Gasteiger partial charge in [-0.25, -0.2) is 4.98 Å². The number of rotatable bonds is 4. The van der Waals surface area contributed by atoms with Crippen molar-refractivity contribution in [3.8, 4) is 6.07 Å². The molecule has 0 bridgehead atoms. The van der Waals surface area contributed by atoms with Gasteiger partial charge >= 0.3 is 0 Å². The Balaban J connectivity index is 2.14. The number of pyridine rings is 1. The molecule has 1 aromatic heterocycles. The molecule has 1 heterocycles. The molecule has 0 radical (unpaired) electrons. The van der Waals surface area contributed by atoms with E-state index < -0.39 is 5.91 Å². The number of nitriles is 1. The molecule has 116 valence electrons. The highest BCUT2D eigenvalue weighted by Crippen LogP contribution is 2.20. The molecule has 2 aromatic rings. The lowest BCUT2D eigenvalue weighted by molar-refractivity contribution is -0.112. The smallest absolute Gasteiger partial charge is 0.267 e. The van der Waals surface area contributed by atoms with Crippen LogP contribution in [-0.4, -0.2) is 10.9 Å². The van der Waals surface area contributed by atoms with Crippen LogP contribution in [-0.2, 0) is 4.79 Å². The average Bonchev–Trinajstić information content (AvgIpc) is 2.51. The number of nitrogens with zero attached hydrogens (tertiary/aromatic N) is 2. The van der Waals surface area contributed by atoms with Crippen molar-refractivity contribution >= 4 is 29.0 Å². The molecular formula is C17H15ClN4O. The molecule has 0 unspecified atom stereocenters. The van der Waals surface area contributed by atoms with Gasteiger partial charge in [0.1, 0.15) is 17.5 Å². The van der Waals surface area contributed by atoms with Gasteiger partial charge in [0.2, 0.25) is 0 Å². The summed E-state index contributed by atoms with van der Waals surface area (Å²) >= 11 is 5.92. The van der Waals surface area contributed by atoms with E-state index in [1.165, 1.54) is 6.20 Å². The van der Waals surface area contributed by atoms with Crippen molar-refractivity contribution in [3.05, 3.63) is 64.5 Å². The minimum Gasteiger partial charge on any atom is -0.345 e. The van der Waals surface area contributed by atoms with E-state index in [0.717, 1.165) is 11.1 Å². The Morgan fingerprint density at radius 1 is 1.30 bits per heavy atom. The van der Waals surface area contributed by atoms with Crippen molar-refractivity contribution in [3.63, 3.8) is 0 Å². The molecule has 23 heavy (non-hydrogen) atoms. The van der Waals surface area contributed by atoms with E-state index in [1.807, 2.05) is 32.0 Å². The third-order valence-electron chi connectivity index (χ3n) is 3.09. The van der Waals surface area contributed by atoms with Crippen molar-refractivity contribution in [1.29, 1.82) is 5.26 Å². The summed E-state index contributed by atoms with van der Waals surface area (Å²) in [6.07, 6.45) is 2.98. The molecule has 0 spiro atoms. The molecule has 0 saturated carbocycles.